The van der Waals surface area contributed by atoms with Crippen molar-refractivity contribution in [1.82, 2.24) is 5.32 Å². The van der Waals surface area contributed by atoms with E-state index in [1.807, 2.05) is 61.5 Å². The summed E-state index contributed by atoms with van der Waals surface area (Å²) in [5, 5.41) is 5.70. The third kappa shape index (κ3) is 6.89. The van der Waals surface area contributed by atoms with Crippen molar-refractivity contribution in [3.63, 3.8) is 0 Å². The quantitative estimate of drug-likeness (QED) is 0.508. The first kappa shape index (κ1) is 21.9. The molecule has 0 unspecified atom stereocenters. The molecular formula is C25H26N2O4. The number of carbonyl (C=O) groups excluding carboxylic acids is 2. The minimum atomic E-state index is -0.388. The lowest BCUT2D eigenvalue weighted by atomic mass is 10.0. The van der Waals surface area contributed by atoms with E-state index in [1.54, 1.807) is 24.3 Å². The topological polar surface area (TPSA) is 76.7 Å². The van der Waals surface area contributed by atoms with Crippen LogP contribution in [0.25, 0.3) is 0 Å². The number of hydrogen-bond donors (Lipinski definition) is 2. The van der Waals surface area contributed by atoms with E-state index in [-0.39, 0.29) is 24.3 Å². The number of ether oxygens (including phenoxy) is 2. The highest BCUT2D eigenvalue weighted by molar-refractivity contribution is 5.91. The molecule has 2 N–H and O–H groups in total. The van der Waals surface area contributed by atoms with Crippen LogP contribution < -0.4 is 20.1 Å². The van der Waals surface area contributed by atoms with Crippen LogP contribution in [0.4, 0.5) is 5.69 Å². The van der Waals surface area contributed by atoms with Gasteiger partial charge in [-0.05, 0) is 61.0 Å². The number of benzene rings is 3. The van der Waals surface area contributed by atoms with Crippen molar-refractivity contribution < 1.29 is 19.1 Å². The molecule has 0 saturated heterocycles. The smallest absolute Gasteiger partial charge is 0.226 e. The SMILES string of the molecule is CCOc1ccc(Oc2ccc(NC(=O)C[C@H](NC(C)=O)c3ccccc3)cc2)cc1. The lowest BCUT2D eigenvalue weighted by molar-refractivity contribution is -0.120. The van der Waals surface area contributed by atoms with E-state index in [4.69, 9.17) is 9.47 Å². The maximum atomic E-state index is 12.5. The summed E-state index contributed by atoms with van der Waals surface area (Å²) in [5.74, 6) is 1.77. The third-order valence-corrected chi connectivity index (χ3v) is 4.48. The van der Waals surface area contributed by atoms with E-state index in [1.165, 1.54) is 6.92 Å². The number of carbonyl (C=O) groups is 2. The summed E-state index contributed by atoms with van der Waals surface area (Å²) in [5.41, 5.74) is 1.53. The van der Waals surface area contributed by atoms with Crippen LogP contribution in [-0.4, -0.2) is 18.4 Å². The van der Waals surface area contributed by atoms with Crippen molar-refractivity contribution in [3.8, 4) is 17.2 Å². The van der Waals surface area contributed by atoms with Gasteiger partial charge in [-0.2, -0.15) is 0 Å². The van der Waals surface area contributed by atoms with Crippen LogP contribution in [0.5, 0.6) is 17.2 Å². The molecule has 0 fully saturated rings. The monoisotopic (exact) mass is 418 g/mol. The zero-order valence-corrected chi connectivity index (χ0v) is 17.6. The Bertz CT molecular complexity index is 986. The largest absolute Gasteiger partial charge is 0.494 e. The Morgan fingerprint density at radius 1 is 0.839 bits per heavy atom. The predicted molar refractivity (Wildman–Crippen MR) is 120 cm³/mol. The summed E-state index contributed by atoms with van der Waals surface area (Å²) >= 11 is 0. The van der Waals surface area contributed by atoms with E-state index >= 15 is 0 Å². The second-order valence-corrected chi connectivity index (χ2v) is 6.95. The van der Waals surface area contributed by atoms with Gasteiger partial charge in [0.2, 0.25) is 11.8 Å². The molecule has 0 radical (unpaired) electrons. The van der Waals surface area contributed by atoms with Crippen molar-refractivity contribution >= 4 is 17.5 Å². The van der Waals surface area contributed by atoms with Gasteiger partial charge in [-0.15, -0.1) is 0 Å². The third-order valence-electron chi connectivity index (χ3n) is 4.48. The fourth-order valence-electron chi connectivity index (χ4n) is 3.09. The highest BCUT2D eigenvalue weighted by Gasteiger charge is 2.17. The fourth-order valence-corrected chi connectivity index (χ4v) is 3.09. The molecule has 0 aliphatic carbocycles. The normalized spacial score (nSPS) is 11.3. The van der Waals surface area contributed by atoms with Gasteiger partial charge in [0.05, 0.1) is 19.1 Å². The fraction of sp³-hybridized carbons (Fsp3) is 0.200. The first-order valence-electron chi connectivity index (χ1n) is 10.2. The van der Waals surface area contributed by atoms with Gasteiger partial charge in [0.15, 0.2) is 0 Å². The number of amides is 2. The van der Waals surface area contributed by atoms with E-state index in [0.717, 1.165) is 11.3 Å². The van der Waals surface area contributed by atoms with Gasteiger partial charge in [-0.3, -0.25) is 9.59 Å². The molecule has 0 aromatic heterocycles. The van der Waals surface area contributed by atoms with E-state index in [0.29, 0.717) is 23.8 Å². The van der Waals surface area contributed by atoms with Gasteiger partial charge < -0.3 is 20.1 Å². The Labute approximate surface area is 182 Å². The molecule has 2 amide bonds. The second-order valence-electron chi connectivity index (χ2n) is 6.95. The lowest BCUT2D eigenvalue weighted by Gasteiger charge is -2.18. The molecule has 6 nitrogen and oxygen atoms in total. The summed E-state index contributed by atoms with van der Waals surface area (Å²) in [6.07, 6.45) is 0.133. The van der Waals surface area contributed by atoms with Gasteiger partial charge >= 0.3 is 0 Å². The molecule has 31 heavy (non-hydrogen) atoms. The van der Waals surface area contributed by atoms with Gasteiger partial charge in [-0.25, -0.2) is 0 Å². The Morgan fingerprint density at radius 3 is 2.00 bits per heavy atom. The minimum Gasteiger partial charge on any atom is -0.494 e. The van der Waals surface area contributed by atoms with Gasteiger partial charge in [0.25, 0.3) is 0 Å². The average molecular weight is 418 g/mol. The lowest BCUT2D eigenvalue weighted by Crippen LogP contribution is -2.29. The van der Waals surface area contributed by atoms with Crippen molar-refractivity contribution in [2.24, 2.45) is 0 Å². The van der Waals surface area contributed by atoms with Crippen LogP contribution in [0.2, 0.25) is 0 Å². The number of hydrogen-bond acceptors (Lipinski definition) is 4. The Hall–Kier alpha value is -3.80. The molecule has 3 rings (SSSR count). The minimum absolute atomic E-state index is 0.133. The second kappa shape index (κ2) is 10.8. The molecule has 3 aromatic carbocycles. The van der Waals surface area contributed by atoms with Gasteiger partial charge in [0, 0.05) is 12.6 Å². The zero-order chi connectivity index (χ0) is 22.1. The molecule has 6 heteroatoms. The van der Waals surface area contributed by atoms with Crippen molar-refractivity contribution in [1.29, 1.82) is 0 Å². The maximum Gasteiger partial charge on any atom is 0.226 e. The molecule has 0 spiro atoms. The maximum absolute atomic E-state index is 12.5. The van der Waals surface area contributed by atoms with Crippen molar-refractivity contribution in [3.05, 3.63) is 84.4 Å². The van der Waals surface area contributed by atoms with Crippen LogP contribution in [0.1, 0.15) is 31.9 Å². The highest BCUT2D eigenvalue weighted by atomic mass is 16.5. The van der Waals surface area contributed by atoms with Crippen LogP contribution >= 0.6 is 0 Å². The summed E-state index contributed by atoms with van der Waals surface area (Å²) in [4.78, 5) is 24.1. The Kier molecular flexibility index (Phi) is 7.65. The molecule has 0 heterocycles. The molecular weight excluding hydrogens is 392 g/mol. The zero-order valence-electron chi connectivity index (χ0n) is 17.6. The number of nitrogens with one attached hydrogen (secondary N) is 2. The molecule has 3 aromatic rings. The molecule has 1 atom stereocenters. The summed E-state index contributed by atoms with van der Waals surface area (Å²) in [6, 6.07) is 23.6. The Balaban J connectivity index is 1.58. The van der Waals surface area contributed by atoms with Crippen molar-refractivity contribution in [2.45, 2.75) is 26.3 Å². The molecule has 0 aliphatic heterocycles. The van der Waals surface area contributed by atoms with Crippen LogP contribution in [0, 0.1) is 0 Å². The average Bonchev–Trinajstić information content (AvgIpc) is 2.76. The van der Waals surface area contributed by atoms with E-state index < -0.39 is 0 Å². The first-order valence-corrected chi connectivity index (χ1v) is 10.2. The van der Waals surface area contributed by atoms with Crippen molar-refractivity contribution in [2.75, 3.05) is 11.9 Å². The van der Waals surface area contributed by atoms with Crippen LogP contribution in [-0.2, 0) is 9.59 Å². The number of rotatable bonds is 9. The summed E-state index contributed by atoms with van der Waals surface area (Å²) < 4.78 is 11.2. The summed E-state index contributed by atoms with van der Waals surface area (Å²) in [7, 11) is 0. The summed E-state index contributed by atoms with van der Waals surface area (Å²) in [6.45, 7) is 3.99. The molecule has 0 bridgehead atoms. The molecule has 160 valence electrons. The highest BCUT2D eigenvalue weighted by Crippen LogP contribution is 2.25. The van der Waals surface area contributed by atoms with Gasteiger partial charge in [0.1, 0.15) is 17.2 Å². The standard InChI is InChI=1S/C25H26N2O4/c1-3-30-21-13-15-23(16-14-21)31-22-11-9-20(10-12-22)27-25(29)17-24(26-18(2)28)19-7-5-4-6-8-19/h4-16,24H,3,17H2,1-2H3,(H,26,28)(H,27,29)/t24-/m0/s1. The van der Waals surface area contributed by atoms with Gasteiger partial charge in [-0.1, -0.05) is 30.3 Å². The Morgan fingerprint density at radius 2 is 1.42 bits per heavy atom. The van der Waals surface area contributed by atoms with Crippen LogP contribution in [0.3, 0.4) is 0 Å². The molecule has 0 aliphatic rings. The first-order chi connectivity index (χ1) is 15.0. The molecule has 0 saturated carbocycles. The van der Waals surface area contributed by atoms with Crippen LogP contribution in [0.15, 0.2) is 78.9 Å². The predicted octanol–water partition coefficient (Wildman–Crippen LogP) is 5.08. The number of anilines is 1. The van der Waals surface area contributed by atoms with E-state index in [9.17, 15) is 9.59 Å². The van der Waals surface area contributed by atoms with E-state index in [2.05, 4.69) is 10.6 Å².